The number of aromatic nitrogens is 2. The molecule has 1 heterocycles. The van der Waals surface area contributed by atoms with Gasteiger partial charge in [-0.1, -0.05) is 13.8 Å². The lowest BCUT2D eigenvalue weighted by Crippen LogP contribution is -2.32. The average Bonchev–Trinajstić information content (AvgIpc) is 2.73. The van der Waals surface area contributed by atoms with Crippen molar-refractivity contribution in [2.24, 2.45) is 11.7 Å². The highest BCUT2D eigenvalue weighted by Gasteiger charge is 2.14. The summed E-state index contributed by atoms with van der Waals surface area (Å²) in [6, 6.07) is 0.141. The van der Waals surface area contributed by atoms with E-state index in [1.54, 1.807) is 0 Å². The summed E-state index contributed by atoms with van der Waals surface area (Å²) in [6.07, 6.45) is 3.55. The summed E-state index contributed by atoms with van der Waals surface area (Å²) in [6.45, 7) is 2.80. The monoisotopic (exact) mass is 260 g/mol. The zero-order chi connectivity index (χ0) is 13.7. The normalized spacial score (nSPS) is 13.8. The third kappa shape index (κ3) is 4.34. The van der Waals surface area contributed by atoms with Crippen molar-refractivity contribution in [1.82, 2.24) is 14.5 Å². The molecule has 0 aromatic carbocycles. The summed E-state index contributed by atoms with van der Waals surface area (Å²) >= 11 is 0. The Labute approximate surface area is 107 Å². The van der Waals surface area contributed by atoms with Crippen LogP contribution in [-0.4, -0.2) is 34.1 Å². The maximum atomic E-state index is 12.6. The predicted molar refractivity (Wildman–Crippen MR) is 67.2 cm³/mol. The molecule has 0 aliphatic heterocycles. The zero-order valence-electron chi connectivity index (χ0n) is 11.2. The van der Waals surface area contributed by atoms with Gasteiger partial charge in [-0.05, 0) is 25.9 Å². The Kier molecular flexibility index (Phi) is 5.68. The first kappa shape index (κ1) is 15.0. The molecule has 2 N–H and O–H groups in total. The minimum absolute atomic E-state index is 0.141. The van der Waals surface area contributed by atoms with Gasteiger partial charge in [0.25, 0.3) is 0 Å². The van der Waals surface area contributed by atoms with Crippen LogP contribution in [0.4, 0.5) is 8.78 Å². The minimum Gasteiger partial charge on any atom is -0.327 e. The summed E-state index contributed by atoms with van der Waals surface area (Å²) in [7, 11) is 1.89. The van der Waals surface area contributed by atoms with Crippen LogP contribution in [0.2, 0.25) is 0 Å². The van der Waals surface area contributed by atoms with E-state index in [0.29, 0.717) is 18.3 Å². The molecule has 1 aromatic heterocycles. The maximum Gasteiger partial charge on any atom is 0.319 e. The Morgan fingerprint density at radius 3 is 2.67 bits per heavy atom. The van der Waals surface area contributed by atoms with Crippen LogP contribution >= 0.6 is 0 Å². The van der Waals surface area contributed by atoms with Crippen molar-refractivity contribution >= 4 is 0 Å². The van der Waals surface area contributed by atoms with Crippen LogP contribution in [0.5, 0.6) is 0 Å². The zero-order valence-corrected chi connectivity index (χ0v) is 11.2. The highest BCUT2D eigenvalue weighted by molar-refractivity contribution is 4.92. The van der Waals surface area contributed by atoms with Gasteiger partial charge in [0.2, 0.25) is 0 Å². The molecule has 104 valence electrons. The van der Waals surface area contributed by atoms with Crippen molar-refractivity contribution in [3.8, 4) is 0 Å². The number of hydrogen-bond donors (Lipinski definition) is 1. The molecular weight excluding hydrogens is 238 g/mol. The number of imidazole rings is 1. The molecule has 18 heavy (non-hydrogen) atoms. The first-order valence-corrected chi connectivity index (χ1v) is 6.15. The Bertz CT molecular complexity index is 352. The smallest absolute Gasteiger partial charge is 0.319 e. The fourth-order valence-electron chi connectivity index (χ4n) is 1.67. The largest absolute Gasteiger partial charge is 0.327 e. The Morgan fingerprint density at radius 1 is 1.44 bits per heavy atom. The number of nitrogens with two attached hydrogens (primary N) is 1. The summed E-state index contributed by atoms with van der Waals surface area (Å²) in [5.74, 6) is 0.812. The Balaban J connectivity index is 2.44. The Morgan fingerprint density at radius 2 is 2.11 bits per heavy atom. The van der Waals surface area contributed by atoms with Crippen LogP contribution < -0.4 is 5.73 Å². The third-order valence-corrected chi connectivity index (χ3v) is 3.07. The average molecular weight is 260 g/mol. The first-order valence-electron chi connectivity index (χ1n) is 6.15. The van der Waals surface area contributed by atoms with Crippen LogP contribution in [0.25, 0.3) is 0 Å². The van der Waals surface area contributed by atoms with E-state index < -0.39 is 6.55 Å². The topological polar surface area (TPSA) is 47.1 Å². The molecule has 0 fully saturated rings. The first-order chi connectivity index (χ1) is 8.41. The SMILES string of the molecule is CC(C)C(N)CCN(C)Cc1nccn1C(F)F. The van der Waals surface area contributed by atoms with Gasteiger partial charge in [-0.2, -0.15) is 8.78 Å². The van der Waals surface area contributed by atoms with E-state index >= 15 is 0 Å². The fraction of sp³-hybridized carbons (Fsp3) is 0.750. The van der Waals surface area contributed by atoms with Crippen LogP contribution in [0.15, 0.2) is 12.4 Å². The molecule has 0 spiro atoms. The number of nitrogens with zero attached hydrogens (tertiary/aromatic N) is 3. The molecule has 1 atom stereocenters. The highest BCUT2D eigenvalue weighted by atomic mass is 19.3. The molecule has 0 saturated heterocycles. The van der Waals surface area contributed by atoms with Gasteiger partial charge in [-0.15, -0.1) is 0 Å². The number of rotatable bonds is 7. The molecule has 6 heteroatoms. The van der Waals surface area contributed by atoms with Crippen LogP contribution in [0, 0.1) is 5.92 Å². The summed E-state index contributed by atoms with van der Waals surface area (Å²) < 4.78 is 26.1. The van der Waals surface area contributed by atoms with Gasteiger partial charge in [0, 0.05) is 18.4 Å². The van der Waals surface area contributed by atoms with E-state index in [-0.39, 0.29) is 6.04 Å². The van der Waals surface area contributed by atoms with E-state index in [1.165, 1.54) is 12.4 Å². The molecule has 0 aliphatic rings. The molecule has 0 radical (unpaired) electrons. The van der Waals surface area contributed by atoms with Crippen molar-refractivity contribution in [3.63, 3.8) is 0 Å². The van der Waals surface area contributed by atoms with Gasteiger partial charge >= 0.3 is 6.55 Å². The lowest BCUT2D eigenvalue weighted by atomic mass is 10.0. The van der Waals surface area contributed by atoms with Crippen LogP contribution in [-0.2, 0) is 6.54 Å². The van der Waals surface area contributed by atoms with E-state index in [0.717, 1.165) is 17.5 Å². The van der Waals surface area contributed by atoms with Crippen molar-refractivity contribution in [2.75, 3.05) is 13.6 Å². The quantitative estimate of drug-likeness (QED) is 0.816. The van der Waals surface area contributed by atoms with E-state index in [4.69, 9.17) is 5.73 Å². The number of halogens is 2. The summed E-state index contributed by atoms with van der Waals surface area (Å²) in [5, 5.41) is 0. The standard InChI is InChI=1S/C12H22F2N4/c1-9(2)10(15)4-6-17(3)8-11-16-5-7-18(11)12(13)14/h5,7,9-10,12H,4,6,8,15H2,1-3H3. The molecule has 0 saturated carbocycles. The number of alkyl halides is 2. The molecule has 0 aliphatic carbocycles. The number of hydrogen-bond acceptors (Lipinski definition) is 3. The molecule has 0 amide bonds. The minimum atomic E-state index is -2.53. The molecule has 1 aromatic rings. The second-order valence-corrected chi connectivity index (χ2v) is 4.96. The van der Waals surface area contributed by atoms with E-state index in [1.807, 2.05) is 11.9 Å². The van der Waals surface area contributed by atoms with Gasteiger partial charge in [0.05, 0.1) is 6.54 Å². The van der Waals surface area contributed by atoms with Gasteiger partial charge in [0.15, 0.2) is 0 Å². The fourth-order valence-corrected chi connectivity index (χ4v) is 1.67. The van der Waals surface area contributed by atoms with Gasteiger partial charge < -0.3 is 5.73 Å². The van der Waals surface area contributed by atoms with Crippen molar-refractivity contribution in [3.05, 3.63) is 18.2 Å². The van der Waals surface area contributed by atoms with E-state index in [2.05, 4.69) is 18.8 Å². The van der Waals surface area contributed by atoms with Crippen molar-refractivity contribution in [2.45, 2.75) is 39.4 Å². The maximum absolute atomic E-state index is 12.6. The second-order valence-electron chi connectivity index (χ2n) is 4.96. The lowest BCUT2D eigenvalue weighted by molar-refractivity contribution is 0.0645. The Hall–Kier alpha value is -1.01. The molecule has 0 bridgehead atoms. The lowest BCUT2D eigenvalue weighted by Gasteiger charge is -2.21. The van der Waals surface area contributed by atoms with Crippen molar-refractivity contribution in [1.29, 1.82) is 0 Å². The summed E-state index contributed by atoms with van der Waals surface area (Å²) in [5.41, 5.74) is 5.95. The van der Waals surface area contributed by atoms with Gasteiger partial charge in [-0.25, -0.2) is 4.98 Å². The van der Waals surface area contributed by atoms with Gasteiger partial charge in [0.1, 0.15) is 5.82 Å². The molecule has 1 rings (SSSR count). The molecular formula is C12H22F2N4. The summed E-state index contributed by atoms with van der Waals surface area (Å²) in [4.78, 5) is 5.91. The van der Waals surface area contributed by atoms with Crippen LogP contribution in [0.3, 0.4) is 0 Å². The third-order valence-electron chi connectivity index (χ3n) is 3.07. The predicted octanol–water partition coefficient (Wildman–Crippen LogP) is 2.08. The van der Waals surface area contributed by atoms with Gasteiger partial charge in [-0.3, -0.25) is 9.47 Å². The second kappa shape index (κ2) is 6.80. The highest BCUT2D eigenvalue weighted by Crippen LogP contribution is 2.13. The van der Waals surface area contributed by atoms with Crippen LogP contribution in [0.1, 0.15) is 32.6 Å². The molecule has 1 unspecified atom stereocenters. The van der Waals surface area contributed by atoms with E-state index in [9.17, 15) is 8.78 Å². The molecule has 4 nitrogen and oxygen atoms in total. The van der Waals surface area contributed by atoms with Crippen molar-refractivity contribution < 1.29 is 8.78 Å².